The summed E-state index contributed by atoms with van der Waals surface area (Å²) in [5, 5.41) is 12.6. The van der Waals surface area contributed by atoms with Gasteiger partial charge in [-0.25, -0.2) is 4.79 Å². The fourth-order valence-corrected chi connectivity index (χ4v) is 4.48. The van der Waals surface area contributed by atoms with Crippen molar-refractivity contribution in [3.63, 3.8) is 0 Å². The Morgan fingerprint density at radius 3 is 2.47 bits per heavy atom. The summed E-state index contributed by atoms with van der Waals surface area (Å²) in [7, 11) is 0. The Hall–Kier alpha value is -3.30. The van der Waals surface area contributed by atoms with Gasteiger partial charge in [-0.1, -0.05) is 48.6 Å². The van der Waals surface area contributed by atoms with Gasteiger partial charge in [0.1, 0.15) is 11.7 Å². The SMILES string of the molecule is CC(C)(C)OC(=O)NC1c2ccccc2C=CC1N1CCN(c2ccccc2C#N)CC1. The van der Waals surface area contributed by atoms with Gasteiger partial charge < -0.3 is 15.0 Å². The maximum atomic E-state index is 12.7. The van der Waals surface area contributed by atoms with Crippen molar-refractivity contribution in [1.29, 1.82) is 5.26 Å². The minimum absolute atomic E-state index is 0.0331. The van der Waals surface area contributed by atoms with Crippen molar-refractivity contribution in [2.75, 3.05) is 31.1 Å². The average molecular weight is 431 g/mol. The number of anilines is 1. The molecule has 32 heavy (non-hydrogen) atoms. The summed E-state index contributed by atoms with van der Waals surface area (Å²) in [5.74, 6) is 0. The van der Waals surface area contributed by atoms with Gasteiger partial charge in [0.05, 0.1) is 23.3 Å². The molecule has 2 aromatic rings. The fourth-order valence-electron chi connectivity index (χ4n) is 4.48. The average Bonchev–Trinajstić information content (AvgIpc) is 2.78. The zero-order chi connectivity index (χ0) is 22.7. The van der Waals surface area contributed by atoms with E-state index < -0.39 is 11.7 Å². The highest BCUT2D eigenvalue weighted by molar-refractivity contribution is 5.70. The van der Waals surface area contributed by atoms with Gasteiger partial charge in [0, 0.05) is 26.2 Å². The van der Waals surface area contributed by atoms with Crippen LogP contribution in [0.3, 0.4) is 0 Å². The molecule has 2 aliphatic rings. The summed E-state index contributed by atoms with van der Waals surface area (Å²) in [4.78, 5) is 17.3. The molecular formula is C26H30N4O2. The number of rotatable bonds is 3. The van der Waals surface area contributed by atoms with Crippen LogP contribution in [0.2, 0.25) is 0 Å². The van der Waals surface area contributed by atoms with Crippen LogP contribution in [0, 0.1) is 11.3 Å². The van der Waals surface area contributed by atoms with Gasteiger partial charge in [0.25, 0.3) is 0 Å². The van der Waals surface area contributed by atoms with E-state index >= 15 is 0 Å². The Kier molecular flexibility index (Phi) is 6.20. The predicted octanol–water partition coefficient (Wildman–Crippen LogP) is 4.34. The molecule has 0 saturated carbocycles. The molecule has 6 heteroatoms. The summed E-state index contributed by atoms with van der Waals surface area (Å²) >= 11 is 0. The van der Waals surface area contributed by atoms with E-state index in [1.165, 1.54) is 0 Å². The Balaban J connectivity index is 1.52. The lowest BCUT2D eigenvalue weighted by molar-refractivity contribution is 0.0470. The van der Waals surface area contributed by atoms with Crippen LogP contribution in [0.4, 0.5) is 10.5 Å². The number of hydrogen-bond donors (Lipinski definition) is 1. The van der Waals surface area contributed by atoms with E-state index in [1.54, 1.807) is 0 Å². The summed E-state index contributed by atoms with van der Waals surface area (Å²) in [6.45, 7) is 8.94. The third-order valence-electron chi connectivity index (χ3n) is 5.92. The van der Waals surface area contributed by atoms with Crippen molar-refractivity contribution in [3.05, 3.63) is 71.3 Å². The fraction of sp³-hybridized carbons (Fsp3) is 0.385. The molecule has 1 aliphatic carbocycles. The monoisotopic (exact) mass is 430 g/mol. The van der Waals surface area contributed by atoms with Crippen LogP contribution in [-0.2, 0) is 4.74 Å². The molecule has 6 nitrogen and oxygen atoms in total. The molecule has 2 aromatic carbocycles. The lowest BCUT2D eigenvalue weighted by Crippen LogP contribution is -2.54. The van der Waals surface area contributed by atoms with Gasteiger partial charge in [-0.3, -0.25) is 4.90 Å². The number of hydrogen-bond acceptors (Lipinski definition) is 5. The van der Waals surface area contributed by atoms with Crippen molar-refractivity contribution in [2.24, 2.45) is 0 Å². The number of para-hydroxylation sites is 1. The molecule has 1 aliphatic heterocycles. The topological polar surface area (TPSA) is 68.6 Å². The molecule has 2 unspecified atom stereocenters. The molecular weight excluding hydrogens is 400 g/mol. The summed E-state index contributed by atoms with van der Waals surface area (Å²) < 4.78 is 5.56. The third kappa shape index (κ3) is 4.79. The molecule has 2 atom stereocenters. The number of carbonyl (C=O) groups excluding carboxylic acids is 1. The highest BCUT2D eigenvalue weighted by Crippen LogP contribution is 2.32. The summed E-state index contributed by atoms with van der Waals surface area (Å²) in [6, 6.07) is 18.1. The van der Waals surface area contributed by atoms with Crippen LogP contribution >= 0.6 is 0 Å². The molecule has 1 amide bonds. The van der Waals surface area contributed by atoms with Gasteiger partial charge in [-0.2, -0.15) is 5.26 Å². The molecule has 1 heterocycles. The van der Waals surface area contributed by atoms with Gasteiger partial charge in [-0.05, 0) is 44.0 Å². The van der Waals surface area contributed by atoms with E-state index in [4.69, 9.17) is 4.74 Å². The Bertz CT molecular complexity index is 1040. The molecule has 1 fully saturated rings. The first kappa shape index (κ1) is 21.9. The van der Waals surface area contributed by atoms with Crippen molar-refractivity contribution in [2.45, 2.75) is 38.5 Å². The Morgan fingerprint density at radius 1 is 1.06 bits per heavy atom. The first-order valence-electron chi connectivity index (χ1n) is 11.1. The number of ether oxygens (including phenoxy) is 1. The molecule has 1 N–H and O–H groups in total. The van der Waals surface area contributed by atoms with Gasteiger partial charge in [-0.15, -0.1) is 0 Å². The Labute approximate surface area is 190 Å². The second-order valence-corrected chi connectivity index (χ2v) is 9.25. The number of amides is 1. The zero-order valence-electron chi connectivity index (χ0n) is 18.9. The standard InChI is InChI=1S/C26H30N4O2/c1-26(2,3)32-25(31)28-24-21-10-6-4-8-19(21)12-13-23(24)30-16-14-29(15-17-30)22-11-7-5-9-20(22)18-27/h4-13,23-24H,14-17H2,1-3H3,(H,28,31). The molecule has 0 radical (unpaired) electrons. The maximum absolute atomic E-state index is 12.7. The number of fused-ring (bicyclic) bond motifs is 1. The second-order valence-electron chi connectivity index (χ2n) is 9.25. The van der Waals surface area contributed by atoms with Crippen LogP contribution in [0.1, 0.15) is 43.5 Å². The summed E-state index contributed by atoms with van der Waals surface area (Å²) in [6.07, 6.45) is 3.92. The van der Waals surface area contributed by atoms with Crippen molar-refractivity contribution in [3.8, 4) is 6.07 Å². The molecule has 0 aromatic heterocycles. The number of nitriles is 1. The van der Waals surface area contributed by atoms with Gasteiger partial charge >= 0.3 is 6.09 Å². The van der Waals surface area contributed by atoms with E-state index in [0.29, 0.717) is 5.56 Å². The van der Waals surface area contributed by atoms with Crippen molar-refractivity contribution in [1.82, 2.24) is 10.2 Å². The second kappa shape index (κ2) is 9.05. The minimum atomic E-state index is -0.552. The first-order chi connectivity index (χ1) is 15.4. The van der Waals surface area contributed by atoms with E-state index in [2.05, 4.69) is 45.5 Å². The number of carbonyl (C=O) groups is 1. The van der Waals surface area contributed by atoms with Crippen LogP contribution in [-0.4, -0.2) is 48.8 Å². The third-order valence-corrected chi connectivity index (χ3v) is 5.92. The van der Waals surface area contributed by atoms with E-state index in [-0.39, 0.29) is 12.1 Å². The van der Waals surface area contributed by atoms with E-state index in [0.717, 1.165) is 43.0 Å². The smallest absolute Gasteiger partial charge is 0.408 e. The predicted molar refractivity (Wildman–Crippen MR) is 126 cm³/mol. The Morgan fingerprint density at radius 2 is 1.75 bits per heavy atom. The van der Waals surface area contributed by atoms with E-state index in [1.807, 2.05) is 57.2 Å². The van der Waals surface area contributed by atoms with Crippen molar-refractivity contribution >= 4 is 17.9 Å². The molecule has 166 valence electrons. The highest BCUT2D eigenvalue weighted by Gasteiger charge is 2.34. The van der Waals surface area contributed by atoms with Crippen LogP contribution in [0.25, 0.3) is 6.08 Å². The number of nitrogens with zero attached hydrogens (tertiary/aromatic N) is 3. The highest BCUT2D eigenvalue weighted by atomic mass is 16.6. The lowest BCUT2D eigenvalue weighted by Gasteiger charge is -2.43. The van der Waals surface area contributed by atoms with E-state index in [9.17, 15) is 10.1 Å². The molecule has 0 bridgehead atoms. The maximum Gasteiger partial charge on any atom is 0.408 e. The van der Waals surface area contributed by atoms with Crippen LogP contribution in [0.15, 0.2) is 54.6 Å². The first-order valence-corrected chi connectivity index (χ1v) is 11.1. The minimum Gasteiger partial charge on any atom is -0.444 e. The quantitative estimate of drug-likeness (QED) is 0.784. The van der Waals surface area contributed by atoms with Crippen molar-refractivity contribution < 1.29 is 9.53 Å². The van der Waals surface area contributed by atoms with Gasteiger partial charge in [0.15, 0.2) is 0 Å². The summed E-state index contributed by atoms with van der Waals surface area (Å²) in [5.41, 5.74) is 3.36. The lowest BCUT2D eigenvalue weighted by atomic mass is 9.88. The number of nitrogens with one attached hydrogen (secondary N) is 1. The number of alkyl carbamates (subject to hydrolysis) is 1. The van der Waals surface area contributed by atoms with Crippen LogP contribution < -0.4 is 10.2 Å². The molecule has 0 spiro atoms. The number of benzene rings is 2. The normalized spacial score (nSPS) is 20.9. The number of piperazine rings is 1. The van der Waals surface area contributed by atoms with Crippen LogP contribution in [0.5, 0.6) is 0 Å². The van der Waals surface area contributed by atoms with Gasteiger partial charge in [0.2, 0.25) is 0 Å². The molecule has 1 saturated heterocycles. The largest absolute Gasteiger partial charge is 0.444 e. The molecule has 4 rings (SSSR count). The zero-order valence-corrected chi connectivity index (χ0v) is 18.9.